The van der Waals surface area contributed by atoms with E-state index >= 15 is 0 Å². The lowest BCUT2D eigenvalue weighted by Crippen LogP contribution is -2.09. The summed E-state index contributed by atoms with van der Waals surface area (Å²) in [5.74, 6) is 0. The van der Waals surface area contributed by atoms with Crippen molar-refractivity contribution >= 4 is 76.8 Å². The van der Waals surface area contributed by atoms with Gasteiger partial charge in [0, 0.05) is 49.6 Å². The Kier molecular flexibility index (Phi) is 6.99. The highest BCUT2D eigenvalue weighted by molar-refractivity contribution is 7.26. The maximum atomic E-state index is 6.60. The zero-order valence-electron chi connectivity index (χ0n) is 26.0. The second kappa shape index (κ2) is 11.9. The van der Waals surface area contributed by atoms with E-state index in [1.807, 2.05) is 0 Å². The van der Waals surface area contributed by atoms with Crippen molar-refractivity contribution < 1.29 is 4.42 Å². The predicted octanol–water partition coefficient (Wildman–Crippen LogP) is 13.4. The summed E-state index contributed by atoms with van der Waals surface area (Å²) in [6.45, 7) is 0. The minimum atomic E-state index is 0.911. The quantitative estimate of drug-likeness (QED) is 0.174. The van der Waals surface area contributed by atoms with Crippen LogP contribution in [0.1, 0.15) is 0 Å². The first-order chi connectivity index (χ1) is 23.8. The van der Waals surface area contributed by atoms with Gasteiger partial charge in [0.15, 0.2) is 5.58 Å². The SMILES string of the molecule is c1ccc(N(c2ccccc2)c2ccc(-c3ccc4c(c3)oc3c5ccc(N(c6ccccc6)c6ccccc6)cc5sc43)cc2)cc1. The molecule has 4 heteroatoms. The Morgan fingerprint density at radius 3 is 1.35 bits per heavy atom. The first-order valence-corrected chi connectivity index (χ1v) is 16.9. The average molecular weight is 635 g/mol. The first-order valence-electron chi connectivity index (χ1n) is 16.1. The molecule has 0 radical (unpaired) electrons. The second-order valence-corrected chi connectivity index (χ2v) is 12.9. The van der Waals surface area contributed by atoms with Gasteiger partial charge in [-0.05, 0) is 102 Å². The van der Waals surface area contributed by atoms with E-state index in [-0.39, 0.29) is 0 Å². The Bertz CT molecular complexity index is 2410. The number of thiophene rings is 1. The number of hydrogen-bond donors (Lipinski definition) is 0. The van der Waals surface area contributed by atoms with Crippen LogP contribution in [0.4, 0.5) is 34.1 Å². The molecule has 0 aliphatic rings. The first kappa shape index (κ1) is 28.1. The highest BCUT2D eigenvalue weighted by Gasteiger charge is 2.18. The highest BCUT2D eigenvalue weighted by Crippen LogP contribution is 2.45. The molecule has 0 amide bonds. The van der Waals surface area contributed by atoms with Gasteiger partial charge in [-0.2, -0.15) is 0 Å². The Balaban J connectivity index is 1.06. The number of nitrogens with zero attached hydrogens (tertiary/aromatic N) is 2. The van der Waals surface area contributed by atoms with Crippen LogP contribution in [0.3, 0.4) is 0 Å². The number of hydrogen-bond acceptors (Lipinski definition) is 4. The molecule has 0 N–H and O–H groups in total. The monoisotopic (exact) mass is 634 g/mol. The summed E-state index contributed by atoms with van der Waals surface area (Å²) in [6.07, 6.45) is 0. The summed E-state index contributed by atoms with van der Waals surface area (Å²) in [5, 5.41) is 2.29. The summed E-state index contributed by atoms with van der Waals surface area (Å²) < 4.78 is 9.00. The molecule has 2 heterocycles. The van der Waals surface area contributed by atoms with Gasteiger partial charge in [0.25, 0.3) is 0 Å². The molecule has 9 rings (SSSR count). The molecule has 0 saturated heterocycles. The minimum absolute atomic E-state index is 0.911. The topological polar surface area (TPSA) is 19.6 Å². The van der Waals surface area contributed by atoms with E-state index in [0.29, 0.717) is 0 Å². The van der Waals surface area contributed by atoms with E-state index in [4.69, 9.17) is 4.42 Å². The fourth-order valence-corrected chi connectivity index (χ4v) is 7.76. The molecule has 228 valence electrons. The van der Waals surface area contributed by atoms with Crippen molar-refractivity contribution in [1.29, 1.82) is 0 Å². The lowest BCUT2D eigenvalue weighted by atomic mass is 10.0. The molecule has 0 bridgehead atoms. The highest BCUT2D eigenvalue weighted by atomic mass is 32.1. The van der Waals surface area contributed by atoms with Gasteiger partial charge < -0.3 is 14.2 Å². The van der Waals surface area contributed by atoms with E-state index in [9.17, 15) is 0 Å². The number of anilines is 6. The standard InChI is InChI=1S/C44H30N2OS/c1-5-13-33(14-6-1)45(34-15-7-2-8-16-34)37-24-21-31(22-25-37)32-23-27-39-41(29-32)47-43-40-28-26-38(30-42(40)48-44(39)43)46(35-17-9-3-10-18-35)36-19-11-4-12-20-36/h1-30H. The third-order valence-corrected chi connectivity index (χ3v) is 10.0. The Morgan fingerprint density at radius 1 is 0.375 bits per heavy atom. The van der Waals surface area contributed by atoms with E-state index in [1.54, 1.807) is 11.3 Å². The number of benzene rings is 7. The minimum Gasteiger partial charge on any atom is -0.454 e. The normalized spacial score (nSPS) is 11.3. The van der Waals surface area contributed by atoms with Crippen molar-refractivity contribution in [3.05, 3.63) is 182 Å². The van der Waals surface area contributed by atoms with Gasteiger partial charge >= 0.3 is 0 Å². The van der Waals surface area contributed by atoms with Crippen molar-refractivity contribution in [3.63, 3.8) is 0 Å². The second-order valence-electron chi connectivity index (χ2n) is 11.8. The van der Waals surface area contributed by atoms with E-state index in [0.717, 1.165) is 67.2 Å². The zero-order valence-corrected chi connectivity index (χ0v) is 26.8. The van der Waals surface area contributed by atoms with E-state index in [2.05, 4.69) is 192 Å². The van der Waals surface area contributed by atoms with Crippen molar-refractivity contribution in [3.8, 4) is 11.1 Å². The van der Waals surface area contributed by atoms with Crippen LogP contribution in [0.15, 0.2) is 186 Å². The summed E-state index contributed by atoms with van der Waals surface area (Å²) in [5.41, 5.74) is 10.9. The molecule has 0 unspecified atom stereocenters. The van der Waals surface area contributed by atoms with Crippen molar-refractivity contribution in [1.82, 2.24) is 0 Å². The summed E-state index contributed by atoms with van der Waals surface area (Å²) in [4.78, 5) is 4.58. The van der Waals surface area contributed by atoms with Crippen molar-refractivity contribution in [2.24, 2.45) is 0 Å². The van der Waals surface area contributed by atoms with Gasteiger partial charge in [-0.1, -0.05) is 91.0 Å². The molecular formula is C44H30N2OS. The van der Waals surface area contributed by atoms with Crippen LogP contribution in [0.2, 0.25) is 0 Å². The largest absolute Gasteiger partial charge is 0.454 e. The molecule has 0 spiro atoms. The van der Waals surface area contributed by atoms with Crippen LogP contribution in [-0.2, 0) is 0 Å². The molecule has 0 aliphatic carbocycles. The van der Waals surface area contributed by atoms with Gasteiger partial charge in [-0.15, -0.1) is 11.3 Å². The van der Waals surface area contributed by atoms with Crippen molar-refractivity contribution in [2.75, 3.05) is 9.80 Å². The molecule has 2 aromatic heterocycles. The fourth-order valence-electron chi connectivity index (χ4n) is 6.57. The Morgan fingerprint density at radius 2 is 0.812 bits per heavy atom. The number of rotatable bonds is 7. The molecule has 7 aromatic carbocycles. The summed E-state index contributed by atoms with van der Waals surface area (Å²) >= 11 is 1.80. The lowest BCUT2D eigenvalue weighted by molar-refractivity contribution is 0.673. The van der Waals surface area contributed by atoms with E-state index < -0.39 is 0 Å². The molecule has 0 fully saturated rings. The van der Waals surface area contributed by atoms with Crippen LogP contribution in [0.25, 0.3) is 42.5 Å². The zero-order chi connectivity index (χ0) is 31.9. The fraction of sp³-hybridized carbons (Fsp3) is 0. The summed E-state index contributed by atoms with van der Waals surface area (Å²) in [6, 6.07) is 64.1. The molecule has 9 aromatic rings. The van der Waals surface area contributed by atoms with Crippen LogP contribution in [-0.4, -0.2) is 0 Å². The third kappa shape index (κ3) is 5.00. The van der Waals surface area contributed by atoms with E-state index in [1.165, 1.54) is 9.40 Å². The van der Waals surface area contributed by atoms with Crippen molar-refractivity contribution in [2.45, 2.75) is 0 Å². The van der Waals surface area contributed by atoms with Crippen LogP contribution >= 0.6 is 11.3 Å². The molecule has 48 heavy (non-hydrogen) atoms. The molecule has 0 aliphatic heterocycles. The Labute approximate surface area is 283 Å². The van der Waals surface area contributed by atoms with Crippen LogP contribution < -0.4 is 9.80 Å². The van der Waals surface area contributed by atoms with Gasteiger partial charge in [-0.3, -0.25) is 0 Å². The number of para-hydroxylation sites is 4. The molecule has 0 atom stereocenters. The summed E-state index contributed by atoms with van der Waals surface area (Å²) in [7, 11) is 0. The smallest absolute Gasteiger partial charge is 0.154 e. The molecule has 0 saturated carbocycles. The Hall–Kier alpha value is -6.10. The number of fused-ring (bicyclic) bond motifs is 5. The van der Waals surface area contributed by atoms with Gasteiger partial charge in [0.1, 0.15) is 5.58 Å². The van der Waals surface area contributed by atoms with Gasteiger partial charge in [-0.25, -0.2) is 0 Å². The lowest BCUT2D eigenvalue weighted by Gasteiger charge is -2.25. The van der Waals surface area contributed by atoms with Crippen LogP contribution in [0.5, 0.6) is 0 Å². The third-order valence-electron chi connectivity index (χ3n) is 8.84. The average Bonchev–Trinajstić information content (AvgIpc) is 3.69. The maximum absolute atomic E-state index is 6.60. The molecule has 3 nitrogen and oxygen atoms in total. The molecular weight excluding hydrogens is 605 g/mol. The maximum Gasteiger partial charge on any atom is 0.154 e. The van der Waals surface area contributed by atoms with Gasteiger partial charge in [0.05, 0.1) is 4.70 Å². The number of furan rings is 1. The van der Waals surface area contributed by atoms with Crippen LogP contribution in [0, 0.1) is 0 Å². The van der Waals surface area contributed by atoms with Gasteiger partial charge in [0.2, 0.25) is 0 Å². The predicted molar refractivity (Wildman–Crippen MR) is 204 cm³/mol.